The van der Waals surface area contributed by atoms with Crippen LogP contribution in [0.15, 0.2) is 0 Å². The normalized spacial score (nSPS) is 25.6. The fourth-order valence-corrected chi connectivity index (χ4v) is 2.92. The molecule has 0 aromatic heterocycles. The topological polar surface area (TPSA) is 70.2 Å². The Hall–Kier alpha value is -0.170. The Balaban J connectivity index is 2.48. The van der Waals surface area contributed by atoms with Crippen molar-refractivity contribution < 1.29 is 8.42 Å². The van der Waals surface area contributed by atoms with Crippen LogP contribution < -0.4 is 14.8 Å². The Morgan fingerprint density at radius 2 is 2.06 bits per heavy atom. The molecule has 0 aliphatic carbocycles. The fraction of sp³-hybridized carbons (Fsp3) is 1.00. The number of hydrogen-bond donors (Lipinski definition) is 3. The van der Waals surface area contributed by atoms with Crippen LogP contribution in [-0.4, -0.2) is 34.1 Å². The van der Waals surface area contributed by atoms with Crippen LogP contribution >= 0.6 is 0 Å². The van der Waals surface area contributed by atoms with E-state index >= 15 is 0 Å². The molecule has 1 aliphatic rings. The maximum atomic E-state index is 11.4. The molecule has 3 N–H and O–H groups in total. The maximum absolute atomic E-state index is 11.4. The summed E-state index contributed by atoms with van der Waals surface area (Å²) in [5.74, 6) is 0. The van der Waals surface area contributed by atoms with E-state index in [1.54, 1.807) is 6.92 Å². The molecule has 0 spiro atoms. The number of nitrogens with one attached hydrogen (secondary N) is 3. The highest BCUT2D eigenvalue weighted by molar-refractivity contribution is 7.87. The van der Waals surface area contributed by atoms with Crippen LogP contribution in [0.3, 0.4) is 0 Å². The average Bonchev–Trinajstić information content (AvgIpc) is 2.15. The second-order valence-corrected chi connectivity index (χ2v) is 6.53. The Bertz CT molecular complexity index is 314. The van der Waals surface area contributed by atoms with Crippen LogP contribution in [0.1, 0.15) is 33.6 Å². The minimum Gasteiger partial charge on any atom is -0.312 e. The molecular weight excluding hydrogens is 226 g/mol. The predicted octanol–water partition coefficient (Wildman–Crippen LogP) is 0.209. The van der Waals surface area contributed by atoms with E-state index in [1.807, 2.05) is 0 Å². The van der Waals surface area contributed by atoms with Crippen molar-refractivity contribution in [3.05, 3.63) is 0 Å². The number of hydrogen-bond acceptors (Lipinski definition) is 3. The lowest BCUT2D eigenvalue weighted by molar-refractivity contribution is 0.181. The second-order valence-electron chi connectivity index (χ2n) is 4.95. The Kier molecular flexibility index (Phi) is 4.73. The molecule has 1 aliphatic heterocycles. The summed E-state index contributed by atoms with van der Waals surface area (Å²) in [4.78, 5) is 0. The number of rotatable bonds is 5. The Labute approximate surface area is 98.6 Å². The van der Waals surface area contributed by atoms with Crippen LogP contribution in [0.5, 0.6) is 0 Å². The minimum atomic E-state index is -3.32. The third-order valence-electron chi connectivity index (χ3n) is 3.14. The van der Waals surface area contributed by atoms with Gasteiger partial charge in [0.2, 0.25) is 0 Å². The van der Waals surface area contributed by atoms with Gasteiger partial charge in [-0.3, -0.25) is 0 Å². The van der Waals surface area contributed by atoms with Crippen LogP contribution in [-0.2, 0) is 10.2 Å². The van der Waals surface area contributed by atoms with E-state index in [9.17, 15) is 8.42 Å². The summed E-state index contributed by atoms with van der Waals surface area (Å²) in [7, 11) is -3.32. The van der Waals surface area contributed by atoms with Gasteiger partial charge in [0.1, 0.15) is 0 Å². The third-order valence-corrected chi connectivity index (χ3v) is 4.36. The van der Waals surface area contributed by atoms with Gasteiger partial charge in [0.05, 0.1) is 0 Å². The highest BCUT2D eigenvalue weighted by Gasteiger charge is 2.32. The SMILES string of the molecule is CCNS(=O)(=O)NCC1NCCCC1(C)C. The molecule has 1 unspecified atom stereocenters. The highest BCUT2D eigenvalue weighted by atomic mass is 32.2. The highest BCUT2D eigenvalue weighted by Crippen LogP contribution is 2.29. The van der Waals surface area contributed by atoms with Crippen LogP contribution in [0.4, 0.5) is 0 Å². The summed E-state index contributed by atoms with van der Waals surface area (Å²) in [6.07, 6.45) is 2.29. The lowest BCUT2D eigenvalue weighted by atomic mass is 9.78. The molecule has 0 aromatic rings. The zero-order valence-corrected chi connectivity index (χ0v) is 11.2. The summed E-state index contributed by atoms with van der Waals surface area (Å²) >= 11 is 0. The van der Waals surface area contributed by atoms with Crippen molar-refractivity contribution in [2.45, 2.75) is 39.7 Å². The van der Waals surface area contributed by atoms with Gasteiger partial charge in [-0.15, -0.1) is 0 Å². The minimum absolute atomic E-state index is 0.146. The molecule has 1 saturated heterocycles. The molecule has 0 radical (unpaired) electrons. The van der Waals surface area contributed by atoms with Crippen molar-refractivity contribution in [2.24, 2.45) is 5.41 Å². The summed E-state index contributed by atoms with van der Waals surface area (Å²) in [6.45, 7) is 7.94. The molecule has 16 heavy (non-hydrogen) atoms. The second kappa shape index (κ2) is 5.44. The monoisotopic (exact) mass is 249 g/mol. The lowest BCUT2D eigenvalue weighted by Gasteiger charge is -2.39. The zero-order chi connectivity index (χ0) is 12.2. The first-order valence-electron chi connectivity index (χ1n) is 5.85. The smallest absolute Gasteiger partial charge is 0.276 e. The predicted molar refractivity (Wildman–Crippen MR) is 65.4 cm³/mol. The van der Waals surface area contributed by atoms with E-state index in [0.717, 1.165) is 19.4 Å². The van der Waals surface area contributed by atoms with Gasteiger partial charge in [-0.2, -0.15) is 8.42 Å². The van der Waals surface area contributed by atoms with Gasteiger partial charge < -0.3 is 5.32 Å². The van der Waals surface area contributed by atoms with E-state index in [2.05, 4.69) is 28.6 Å². The molecule has 6 heteroatoms. The van der Waals surface area contributed by atoms with Gasteiger partial charge in [0.15, 0.2) is 0 Å². The van der Waals surface area contributed by atoms with Gasteiger partial charge in [-0.1, -0.05) is 20.8 Å². The summed E-state index contributed by atoms with van der Waals surface area (Å²) < 4.78 is 27.9. The molecule has 0 saturated carbocycles. The molecule has 1 heterocycles. The van der Waals surface area contributed by atoms with Crippen LogP contribution in [0.2, 0.25) is 0 Å². The Morgan fingerprint density at radius 1 is 1.38 bits per heavy atom. The lowest BCUT2D eigenvalue weighted by Crippen LogP contribution is -2.54. The van der Waals surface area contributed by atoms with Crippen LogP contribution in [0.25, 0.3) is 0 Å². The first-order valence-corrected chi connectivity index (χ1v) is 7.33. The van der Waals surface area contributed by atoms with Crippen molar-refractivity contribution >= 4 is 10.2 Å². The van der Waals surface area contributed by atoms with Gasteiger partial charge in [0, 0.05) is 19.1 Å². The van der Waals surface area contributed by atoms with Crippen molar-refractivity contribution in [3.8, 4) is 0 Å². The van der Waals surface area contributed by atoms with Crippen molar-refractivity contribution in [3.63, 3.8) is 0 Å². The van der Waals surface area contributed by atoms with E-state index in [1.165, 1.54) is 0 Å². The largest absolute Gasteiger partial charge is 0.312 e. The fourth-order valence-electron chi connectivity index (χ4n) is 2.05. The van der Waals surface area contributed by atoms with Gasteiger partial charge in [-0.05, 0) is 24.8 Å². The molecular formula is C10H23N3O2S. The zero-order valence-electron chi connectivity index (χ0n) is 10.3. The van der Waals surface area contributed by atoms with Gasteiger partial charge in [-0.25, -0.2) is 9.44 Å². The van der Waals surface area contributed by atoms with E-state index in [0.29, 0.717) is 13.1 Å². The quantitative estimate of drug-likeness (QED) is 0.652. The van der Waals surface area contributed by atoms with E-state index in [4.69, 9.17) is 0 Å². The summed E-state index contributed by atoms with van der Waals surface area (Å²) in [6, 6.07) is 0.203. The molecule has 0 amide bonds. The maximum Gasteiger partial charge on any atom is 0.276 e. The van der Waals surface area contributed by atoms with Gasteiger partial charge >= 0.3 is 0 Å². The van der Waals surface area contributed by atoms with Crippen LogP contribution in [0, 0.1) is 5.41 Å². The van der Waals surface area contributed by atoms with E-state index < -0.39 is 10.2 Å². The average molecular weight is 249 g/mol. The molecule has 1 fully saturated rings. The molecule has 1 atom stereocenters. The first-order chi connectivity index (χ1) is 7.37. The first kappa shape index (κ1) is 13.9. The van der Waals surface area contributed by atoms with Crippen molar-refractivity contribution in [1.29, 1.82) is 0 Å². The molecule has 0 bridgehead atoms. The molecule has 0 aromatic carbocycles. The van der Waals surface area contributed by atoms with Crippen molar-refractivity contribution in [2.75, 3.05) is 19.6 Å². The van der Waals surface area contributed by atoms with Gasteiger partial charge in [0.25, 0.3) is 10.2 Å². The molecule has 1 rings (SSSR count). The molecule has 5 nitrogen and oxygen atoms in total. The molecule has 96 valence electrons. The summed E-state index contributed by atoms with van der Waals surface area (Å²) in [5, 5.41) is 3.37. The van der Waals surface area contributed by atoms with Crippen molar-refractivity contribution in [1.82, 2.24) is 14.8 Å². The standard InChI is InChI=1S/C10H23N3O2S/c1-4-12-16(14,15)13-8-9-10(2,3)6-5-7-11-9/h9,11-13H,4-8H2,1-3H3. The summed E-state index contributed by atoms with van der Waals surface area (Å²) in [5.41, 5.74) is 0.146. The third kappa shape index (κ3) is 4.01. The Morgan fingerprint density at radius 3 is 2.62 bits per heavy atom. The van der Waals surface area contributed by atoms with E-state index in [-0.39, 0.29) is 11.5 Å². The number of piperidine rings is 1.